The first-order valence-corrected chi connectivity index (χ1v) is 11.0. The number of alkyl halides is 3. The average Bonchev–Trinajstić information content (AvgIpc) is 3.47. The average molecular weight is 497 g/mol. The first-order chi connectivity index (χ1) is 17.1. The van der Waals surface area contributed by atoms with Crippen molar-refractivity contribution >= 4 is 17.5 Å². The van der Waals surface area contributed by atoms with Crippen LogP contribution >= 0.6 is 0 Å². The Kier molecular flexibility index (Phi) is 6.58. The maximum absolute atomic E-state index is 14.9. The van der Waals surface area contributed by atoms with E-state index in [9.17, 15) is 27.6 Å². The Morgan fingerprint density at radius 1 is 1.03 bits per heavy atom. The topological polar surface area (TPSA) is 85.6 Å². The van der Waals surface area contributed by atoms with Crippen molar-refractivity contribution in [3.05, 3.63) is 101 Å². The normalized spacial score (nSPS) is 19.9. The lowest BCUT2D eigenvalue weighted by Crippen LogP contribution is -2.65. The minimum absolute atomic E-state index is 0.0365. The molecule has 6 nitrogen and oxygen atoms in total. The molecule has 4 rings (SSSR count). The Morgan fingerprint density at radius 3 is 2.25 bits per heavy atom. The summed E-state index contributed by atoms with van der Waals surface area (Å²) in [6.07, 6.45) is -4.30. The van der Waals surface area contributed by atoms with E-state index in [0.29, 0.717) is 11.3 Å². The predicted octanol–water partition coefficient (Wildman–Crippen LogP) is 4.96. The van der Waals surface area contributed by atoms with Crippen molar-refractivity contribution in [2.45, 2.75) is 25.1 Å². The number of hydrogen-bond donors (Lipinski definition) is 1. The maximum Gasteiger partial charge on any atom is 0.423 e. The number of carbonyl (C=O) groups is 3. The second kappa shape index (κ2) is 9.49. The van der Waals surface area contributed by atoms with Crippen molar-refractivity contribution in [2.24, 2.45) is 5.92 Å². The zero-order valence-electron chi connectivity index (χ0n) is 19.4. The van der Waals surface area contributed by atoms with Gasteiger partial charge in [-0.05, 0) is 43.2 Å². The van der Waals surface area contributed by atoms with Crippen LogP contribution in [-0.2, 0) is 11.2 Å². The van der Waals surface area contributed by atoms with Crippen LogP contribution in [0.5, 0.6) is 5.75 Å². The van der Waals surface area contributed by atoms with E-state index in [-0.39, 0.29) is 17.6 Å². The third kappa shape index (κ3) is 4.21. The highest BCUT2D eigenvalue weighted by molar-refractivity contribution is 6.20. The summed E-state index contributed by atoms with van der Waals surface area (Å²) < 4.78 is 54.8. The minimum atomic E-state index is -5.32. The van der Waals surface area contributed by atoms with Crippen LogP contribution in [0.4, 0.5) is 13.2 Å². The number of allylic oxidation sites excluding steroid dienone is 1. The van der Waals surface area contributed by atoms with Crippen LogP contribution < -0.4 is 10.1 Å². The van der Waals surface area contributed by atoms with Gasteiger partial charge in [0, 0.05) is 17.1 Å². The van der Waals surface area contributed by atoms with Crippen molar-refractivity contribution < 1.29 is 36.7 Å². The molecule has 9 heteroatoms. The summed E-state index contributed by atoms with van der Waals surface area (Å²) in [6, 6.07) is 16.4. The number of methoxy groups -OCH3 is 1. The molecule has 2 atom stereocenters. The van der Waals surface area contributed by atoms with E-state index in [2.05, 4.69) is 0 Å². The zero-order chi connectivity index (χ0) is 26.1. The van der Waals surface area contributed by atoms with Gasteiger partial charge < -0.3 is 14.5 Å². The Labute approximate surface area is 204 Å². The fourth-order valence-corrected chi connectivity index (χ4v) is 4.49. The molecule has 1 aliphatic carbocycles. The summed E-state index contributed by atoms with van der Waals surface area (Å²) in [6.45, 7) is 1.33. The first kappa shape index (κ1) is 25.0. The number of carbonyl (C=O) groups excluding carboxylic acids is 3. The van der Waals surface area contributed by atoms with E-state index >= 15 is 0 Å². The molecule has 1 aliphatic rings. The number of Topliss-reactive ketones (excluding diaryl/α,β-unsaturated/α-hetero) is 2. The van der Waals surface area contributed by atoms with Crippen molar-refractivity contribution in [2.75, 3.05) is 7.11 Å². The molecule has 0 spiro atoms. The highest BCUT2D eigenvalue weighted by Gasteiger charge is 2.70. The number of furan rings is 1. The van der Waals surface area contributed by atoms with E-state index in [4.69, 9.17) is 9.15 Å². The Hall–Kier alpha value is -4.14. The number of amides is 1. The van der Waals surface area contributed by atoms with Gasteiger partial charge in [0.05, 0.1) is 13.4 Å². The van der Waals surface area contributed by atoms with E-state index in [1.54, 1.807) is 30.3 Å². The second-order valence-electron chi connectivity index (χ2n) is 8.40. The number of benzene rings is 2. The molecule has 0 saturated heterocycles. The molecular weight excluding hydrogens is 475 g/mol. The van der Waals surface area contributed by atoms with E-state index < -0.39 is 46.4 Å². The SMILES string of the molecule is COc1ccc(C[C@@H]2C(=O)[C@](NC(=O)c3ccco3)(C(F)(F)F)C(C(=O)c3ccccc3)=C2C)cc1. The molecule has 186 valence electrons. The molecule has 3 aromatic rings. The molecule has 1 heterocycles. The molecule has 2 aromatic carbocycles. The first-order valence-electron chi connectivity index (χ1n) is 11.0. The van der Waals surface area contributed by atoms with Crippen molar-refractivity contribution in [3.63, 3.8) is 0 Å². The Bertz CT molecular complexity index is 1310. The molecule has 1 N–H and O–H groups in total. The van der Waals surface area contributed by atoms with Crippen LogP contribution in [-0.4, -0.2) is 36.3 Å². The van der Waals surface area contributed by atoms with Gasteiger partial charge >= 0.3 is 6.18 Å². The fourth-order valence-electron chi connectivity index (χ4n) is 4.49. The molecule has 0 bridgehead atoms. The quantitative estimate of drug-likeness (QED) is 0.467. The lowest BCUT2D eigenvalue weighted by molar-refractivity contribution is -0.185. The van der Waals surface area contributed by atoms with E-state index in [1.807, 2.05) is 5.32 Å². The summed E-state index contributed by atoms with van der Waals surface area (Å²) in [5.41, 5.74) is -3.88. The maximum atomic E-state index is 14.9. The lowest BCUT2D eigenvalue weighted by Gasteiger charge is -2.33. The van der Waals surface area contributed by atoms with Gasteiger partial charge in [-0.3, -0.25) is 14.4 Å². The Morgan fingerprint density at radius 2 is 1.69 bits per heavy atom. The van der Waals surface area contributed by atoms with Crippen molar-refractivity contribution in [1.82, 2.24) is 5.32 Å². The van der Waals surface area contributed by atoms with Crippen molar-refractivity contribution in [1.29, 1.82) is 0 Å². The molecule has 0 fully saturated rings. The van der Waals surface area contributed by atoms with Gasteiger partial charge in [-0.2, -0.15) is 13.2 Å². The number of ether oxygens (including phenoxy) is 1. The summed E-state index contributed by atoms with van der Waals surface area (Å²) in [5, 5.41) is 1.84. The molecule has 1 amide bonds. The number of hydrogen-bond acceptors (Lipinski definition) is 5. The molecule has 0 saturated carbocycles. The largest absolute Gasteiger partial charge is 0.497 e. The second-order valence-corrected chi connectivity index (χ2v) is 8.40. The third-order valence-corrected chi connectivity index (χ3v) is 6.31. The van der Waals surface area contributed by atoms with Crippen LogP contribution in [0, 0.1) is 5.92 Å². The molecule has 0 radical (unpaired) electrons. The molecule has 0 unspecified atom stereocenters. The Balaban J connectivity index is 1.86. The molecule has 0 aliphatic heterocycles. The van der Waals surface area contributed by atoms with Gasteiger partial charge in [0.25, 0.3) is 5.91 Å². The van der Waals surface area contributed by atoms with Crippen LogP contribution in [0.2, 0.25) is 0 Å². The number of ketones is 2. The highest BCUT2D eigenvalue weighted by atomic mass is 19.4. The van der Waals surface area contributed by atoms with Crippen LogP contribution in [0.25, 0.3) is 0 Å². The van der Waals surface area contributed by atoms with Crippen LogP contribution in [0.15, 0.2) is 88.6 Å². The standard InChI is InChI=1S/C27H22F3NO5/c1-16-20(15-17-10-12-19(35-2)13-11-17)24(33)26(27(28,29)30,31-25(34)21-9-6-14-36-21)22(16)23(32)18-7-4-3-5-8-18/h3-14,20H,15H2,1-2H3,(H,31,34)/t20-,26-/m0/s1. The number of rotatable bonds is 7. The van der Waals surface area contributed by atoms with E-state index in [0.717, 1.165) is 6.26 Å². The molecule has 36 heavy (non-hydrogen) atoms. The van der Waals surface area contributed by atoms with Gasteiger partial charge in [-0.1, -0.05) is 48.0 Å². The summed E-state index contributed by atoms with van der Waals surface area (Å²) in [7, 11) is 1.48. The molecular formula is C27H22F3NO5. The summed E-state index contributed by atoms with van der Waals surface area (Å²) in [5.74, 6) is -4.77. The smallest absolute Gasteiger partial charge is 0.423 e. The van der Waals surface area contributed by atoms with Crippen molar-refractivity contribution in [3.8, 4) is 5.75 Å². The fraction of sp³-hybridized carbons (Fsp3) is 0.222. The van der Waals surface area contributed by atoms with Crippen LogP contribution in [0.3, 0.4) is 0 Å². The summed E-state index contributed by atoms with van der Waals surface area (Å²) in [4.78, 5) is 40.0. The predicted molar refractivity (Wildman–Crippen MR) is 124 cm³/mol. The number of halogens is 3. The van der Waals surface area contributed by atoms with Gasteiger partial charge in [-0.25, -0.2) is 0 Å². The van der Waals surface area contributed by atoms with E-state index in [1.165, 1.54) is 50.4 Å². The van der Waals surface area contributed by atoms with Gasteiger partial charge in [-0.15, -0.1) is 0 Å². The third-order valence-electron chi connectivity index (χ3n) is 6.31. The minimum Gasteiger partial charge on any atom is -0.497 e. The lowest BCUT2D eigenvalue weighted by atomic mass is 9.82. The highest BCUT2D eigenvalue weighted by Crippen LogP contribution is 2.49. The van der Waals surface area contributed by atoms with Crippen LogP contribution in [0.1, 0.15) is 33.4 Å². The molecule has 1 aromatic heterocycles. The van der Waals surface area contributed by atoms with Gasteiger partial charge in [0.1, 0.15) is 5.75 Å². The number of nitrogens with one attached hydrogen (secondary N) is 1. The monoisotopic (exact) mass is 497 g/mol. The zero-order valence-corrected chi connectivity index (χ0v) is 19.4. The van der Waals surface area contributed by atoms with Gasteiger partial charge in [0.15, 0.2) is 17.3 Å². The summed E-state index contributed by atoms with van der Waals surface area (Å²) >= 11 is 0. The van der Waals surface area contributed by atoms with Gasteiger partial charge in [0.2, 0.25) is 5.54 Å².